The van der Waals surface area contributed by atoms with Crippen LogP contribution in [0.25, 0.3) is 11.4 Å². The number of nitrogens with zero attached hydrogens (tertiary/aromatic N) is 2. The summed E-state index contributed by atoms with van der Waals surface area (Å²) in [4.78, 5) is 4.23. The van der Waals surface area contributed by atoms with E-state index in [-0.39, 0.29) is 6.01 Å². The van der Waals surface area contributed by atoms with Crippen molar-refractivity contribution in [1.29, 1.82) is 0 Å². The smallest absolute Gasteiger partial charge is 0.321 e. The summed E-state index contributed by atoms with van der Waals surface area (Å²) in [5.74, 6) is 2.08. The fraction of sp³-hybridized carbons (Fsp3) is 0.385. The lowest BCUT2D eigenvalue weighted by Gasteiger charge is -2.20. The van der Waals surface area contributed by atoms with Gasteiger partial charge in [0, 0.05) is 27.9 Å². The van der Waals surface area contributed by atoms with Gasteiger partial charge >= 0.3 is 6.01 Å². The molecule has 3 rings (SSSR count). The van der Waals surface area contributed by atoms with Crippen LogP contribution in [-0.4, -0.2) is 38.9 Å². The Bertz CT molecular complexity index is 624. The zero-order valence-electron chi connectivity index (χ0n) is 11.0. The second-order valence-corrected chi connectivity index (χ2v) is 6.94. The summed E-state index contributed by atoms with van der Waals surface area (Å²) in [5.41, 5.74) is -0.0296. The van der Waals surface area contributed by atoms with Crippen molar-refractivity contribution in [1.82, 2.24) is 10.1 Å². The molecular weight excluding hydrogens is 333 g/mol. The highest BCUT2D eigenvalue weighted by molar-refractivity contribution is 7.99. The molecule has 0 aliphatic carbocycles. The fourth-order valence-electron chi connectivity index (χ4n) is 2.07. The van der Waals surface area contributed by atoms with Gasteiger partial charge in [-0.25, -0.2) is 0 Å². The van der Waals surface area contributed by atoms with Crippen molar-refractivity contribution in [3.63, 3.8) is 0 Å². The minimum Gasteiger partial charge on any atom is -0.387 e. The molecule has 2 heterocycles. The molecule has 5 nitrogen and oxygen atoms in total. The SMILES string of the molecule is OC1(CNc2nc(-c3cc(Cl)cc(Cl)c3)no2)CCSC1. The standard InChI is InChI=1S/C13H13Cl2N3O2S/c14-9-3-8(4-10(15)5-9)11-17-12(20-18-11)16-6-13(19)1-2-21-7-13/h3-5,19H,1-2,6-7H2,(H,16,17,18). The van der Waals surface area contributed by atoms with Gasteiger partial charge in [-0.1, -0.05) is 28.4 Å². The van der Waals surface area contributed by atoms with E-state index in [9.17, 15) is 5.11 Å². The van der Waals surface area contributed by atoms with Gasteiger partial charge in [0.2, 0.25) is 5.82 Å². The van der Waals surface area contributed by atoms with Gasteiger partial charge in [-0.2, -0.15) is 16.7 Å². The molecule has 1 unspecified atom stereocenters. The van der Waals surface area contributed by atoms with Gasteiger partial charge in [0.15, 0.2) is 0 Å². The highest BCUT2D eigenvalue weighted by atomic mass is 35.5. The summed E-state index contributed by atoms with van der Waals surface area (Å²) < 4.78 is 5.13. The van der Waals surface area contributed by atoms with Gasteiger partial charge in [0.25, 0.3) is 0 Å². The molecule has 1 saturated heterocycles. The summed E-state index contributed by atoms with van der Waals surface area (Å²) in [7, 11) is 0. The van der Waals surface area contributed by atoms with Crippen LogP contribution in [0.5, 0.6) is 0 Å². The monoisotopic (exact) mass is 345 g/mol. The highest BCUT2D eigenvalue weighted by Crippen LogP contribution is 2.29. The highest BCUT2D eigenvalue weighted by Gasteiger charge is 2.31. The Morgan fingerprint density at radius 3 is 2.76 bits per heavy atom. The van der Waals surface area contributed by atoms with Crippen LogP contribution in [0.1, 0.15) is 6.42 Å². The van der Waals surface area contributed by atoms with E-state index in [1.165, 1.54) is 0 Å². The van der Waals surface area contributed by atoms with Crippen LogP contribution < -0.4 is 5.32 Å². The van der Waals surface area contributed by atoms with Crippen molar-refractivity contribution in [3.8, 4) is 11.4 Å². The van der Waals surface area contributed by atoms with E-state index in [2.05, 4.69) is 15.5 Å². The summed E-state index contributed by atoms with van der Waals surface area (Å²) in [6.45, 7) is 0.387. The number of rotatable bonds is 4. The zero-order chi connectivity index (χ0) is 14.9. The predicted octanol–water partition coefficient (Wildman–Crippen LogP) is 3.32. The lowest BCUT2D eigenvalue weighted by Crippen LogP contribution is -2.36. The topological polar surface area (TPSA) is 71.2 Å². The van der Waals surface area contributed by atoms with E-state index in [0.717, 1.165) is 12.2 Å². The number of hydrogen-bond donors (Lipinski definition) is 2. The minimum absolute atomic E-state index is 0.270. The number of hydrogen-bond acceptors (Lipinski definition) is 6. The first-order chi connectivity index (χ1) is 10.0. The molecule has 0 spiro atoms. The van der Waals surface area contributed by atoms with Gasteiger partial charge in [-0.3, -0.25) is 0 Å². The quantitative estimate of drug-likeness (QED) is 0.885. The number of anilines is 1. The molecule has 1 atom stereocenters. The number of aromatic nitrogens is 2. The van der Waals surface area contributed by atoms with Gasteiger partial charge in [0.1, 0.15) is 0 Å². The summed E-state index contributed by atoms with van der Waals surface area (Å²) in [6.07, 6.45) is 0.759. The normalized spacial score (nSPS) is 21.7. The Hall–Kier alpha value is -0.950. The molecule has 1 aromatic carbocycles. The van der Waals surface area contributed by atoms with Crippen molar-refractivity contribution < 1.29 is 9.63 Å². The van der Waals surface area contributed by atoms with Crippen LogP contribution in [0.15, 0.2) is 22.7 Å². The maximum atomic E-state index is 10.2. The molecule has 1 aromatic heterocycles. The van der Waals surface area contributed by atoms with Crippen LogP contribution in [0, 0.1) is 0 Å². The molecule has 2 aromatic rings. The van der Waals surface area contributed by atoms with Crippen LogP contribution in [0.4, 0.5) is 6.01 Å². The Labute approximate surface area is 136 Å². The zero-order valence-corrected chi connectivity index (χ0v) is 13.3. The Kier molecular flexibility index (Phi) is 4.31. The minimum atomic E-state index is -0.710. The molecule has 1 fully saturated rings. The lowest BCUT2D eigenvalue weighted by molar-refractivity contribution is 0.0812. The van der Waals surface area contributed by atoms with E-state index < -0.39 is 5.60 Å². The Morgan fingerprint density at radius 1 is 1.33 bits per heavy atom. The molecular formula is C13H13Cl2N3O2S. The summed E-state index contributed by atoms with van der Waals surface area (Å²) in [5, 5.41) is 18.1. The van der Waals surface area contributed by atoms with Crippen molar-refractivity contribution >= 4 is 41.0 Å². The average Bonchev–Trinajstić information content (AvgIpc) is 3.05. The number of thioether (sulfide) groups is 1. The summed E-state index contributed by atoms with van der Waals surface area (Å²) >= 11 is 13.6. The Morgan fingerprint density at radius 2 is 2.10 bits per heavy atom. The van der Waals surface area contributed by atoms with Gasteiger partial charge in [-0.05, 0) is 30.4 Å². The molecule has 8 heteroatoms. The number of halogens is 2. The molecule has 1 aliphatic rings. The first kappa shape index (κ1) is 15.0. The first-order valence-electron chi connectivity index (χ1n) is 6.38. The van der Waals surface area contributed by atoms with Crippen molar-refractivity contribution in [3.05, 3.63) is 28.2 Å². The van der Waals surface area contributed by atoms with Gasteiger partial charge in [-0.15, -0.1) is 0 Å². The molecule has 2 N–H and O–H groups in total. The molecule has 1 aliphatic heterocycles. The van der Waals surface area contributed by atoms with Crippen molar-refractivity contribution in [2.75, 3.05) is 23.4 Å². The van der Waals surface area contributed by atoms with Crippen LogP contribution in [0.2, 0.25) is 10.0 Å². The third-order valence-corrected chi connectivity index (χ3v) is 4.87. The molecule has 0 radical (unpaired) electrons. The molecule has 0 amide bonds. The summed E-state index contributed by atoms with van der Waals surface area (Å²) in [6, 6.07) is 5.33. The molecule has 0 saturated carbocycles. The first-order valence-corrected chi connectivity index (χ1v) is 8.29. The third kappa shape index (κ3) is 3.63. The molecule has 0 bridgehead atoms. The maximum absolute atomic E-state index is 10.2. The fourth-order valence-corrected chi connectivity index (χ4v) is 3.89. The third-order valence-electron chi connectivity index (χ3n) is 3.20. The molecule has 112 valence electrons. The predicted molar refractivity (Wildman–Crippen MR) is 85.1 cm³/mol. The van der Waals surface area contributed by atoms with Crippen LogP contribution in [0.3, 0.4) is 0 Å². The van der Waals surface area contributed by atoms with E-state index in [1.807, 2.05) is 0 Å². The number of benzene rings is 1. The molecule has 21 heavy (non-hydrogen) atoms. The largest absolute Gasteiger partial charge is 0.387 e. The van der Waals surface area contributed by atoms with E-state index in [0.29, 0.717) is 33.7 Å². The van der Waals surface area contributed by atoms with Gasteiger partial charge < -0.3 is 14.9 Å². The van der Waals surface area contributed by atoms with Crippen LogP contribution >= 0.6 is 35.0 Å². The number of aliphatic hydroxyl groups is 1. The second-order valence-electron chi connectivity index (χ2n) is 4.96. The van der Waals surface area contributed by atoms with Crippen molar-refractivity contribution in [2.45, 2.75) is 12.0 Å². The van der Waals surface area contributed by atoms with E-state index in [4.69, 9.17) is 27.7 Å². The van der Waals surface area contributed by atoms with E-state index in [1.54, 1.807) is 30.0 Å². The number of nitrogens with one attached hydrogen (secondary N) is 1. The van der Waals surface area contributed by atoms with E-state index >= 15 is 0 Å². The second kappa shape index (κ2) is 6.04. The average molecular weight is 346 g/mol. The van der Waals surface area contributed by atoms with Gasteiger partial charge in [0.05, 0.1) is 5.60 Å². The van der Waals surface area contributed by atoms with Crippen molar-refractivity contribution in [2.24, 2.45) is 0 Å². The lowest BCUT2D eigenvalue weighted by atomic mass is 10.0. The maximum Gasteiger partial charge on any atom is 0.321 e. The van der Waals surface area contributed by atoms with Crippen LogP contribution in [-0.2, 0) is 0 Å². The Balaban J connectivity index is 1.71.